The number of nitrogens with two attached hydrogens (primary N) is 1. The Bertz CT molecular complexity index is 472. The first-order chi connectivity index (χ1) is 7.70. The molecule has 4 N–H and O–H groups in total. The fourth-order valence-corrected chi connectivity index (χ4v) is 2.41. The van der Waals surface area contributed by atoms with Gasteiger partial charge in [-0.25, -0.2) is 4.99 Å². The number of nitrogens with one attached hydrogen (secondary N) is 2. The molecule has 2 rings (SSSR count). The Morgan fingerprint density at radius 2 is 2.31 bits per heavy atom. The summed E-state index contributed by atoms with van der Waals surface area (Å²) in [5.41, 5.74) is 6.11. The monoisotopic (exact) mass is 234 g/mol. The minimum absolute atomic E-state index is 0.185. The van der Waals surface area contributed by atoms with E-state index in [0.29, 0.717) is 5.17 Å². The second-order valence-electron chi connectivity index (χ2n) is 3.19. The Morgan fingerprint density at radius 3 is 3.00 bits per heavy atom. The van der Waals surface area contributed by atoms with Crippen molar-refractivity contribution >= 4 is 29.2 Å². The molecule has 0 saturated heterocycles. The first-order valence-corrected chi connectivity index (χ1v) is 5.43. The molecule has 1 aromatic carbocycles. The summed E-state index contributed by atoms with van der Waals surface area (Å²) < 4.78 is 0. The molecule has 0 bridgehead atoms. The lowest BCUT2D eigenvalue weighted by Crippen LogP contribution is -2.35. The minimum Gasteiger partial charge on any atom is -0.370 e. The summed E-state index contributed by atoms with van der Waals surface area (Å²) in [6.45, 7) is 0. The summed E-state index contributed by atoms with van der Waals surface area (Å²) in [4.78, 5) is 16.0. The van der Waals surface area contributed by atoms with E-state index in [1.165, 1.54) is 11.8 Å². The van der Waals surface area contributed by atoms with Crippen LogP contribution in [0.5, 0.6) is 0 Å². The number of rotatable bonds is 1. The number of aliphatic imine (C=N–C) groups is 1. The van der Waals surface area contributed by atoms with Crippen molar-refractivity contribution in [2.24, 2.45) is 10.7 Å². The molecule has 0 aliphatic carbocycles. The Kier molecular flexibility index (Phi) is 2.91. The highest BCUT2D eigenvalue weighted by Gasteiger charge is 2.21. The summed E-state index contributed by atoms with van der Waals surface area (Å²) in [5.74, 6) is -0.185. The average molecular weight is 234 g/mol. The smallest absolute Gasteiger partial charge is 0.191 e. The van der Waals surface area contributed by atoms with Gasteiger partial charge in [-0.3, -0.25) is 5.41 Å². The summed E-state index contributed by atoms with van der Waals surface area (Å²) in [6, 6.07) is 7.03. The summed E-state index contributed by atoms with van der Waals surface area (Å²) in [6.07, 6.45) is 0.778. The van der Waals surface area contributed by atoms with Crippen LogP contribution in [0.2, 0.25) is 0 Å². The topological polar surface area (TPSA) is 91.3 Å². The van der Waals surface area contributed by atoms with Crippen LogP contribution in [0.25, 0.3) is 0 Å². The SMILES string of the molecule is N=C(N)NC1=NC(C=O)c2ccccc2S1. The standard InChI is InChI=1S/C10H10N4OS/c11-9(12)14-10-13-7(5-15)6-3-1-2-4-8(6)16-10/h1-5,7H,(H4,11,12,13,14). The predicted octanol–water partition coefficient (Wildman–Crippen LogP) is 0.871. The highest BCUT2D eigenvalue weighted by atomic mass is 32.2. The van der Waals surface area contributed by atoms with Gasteiger partial charge < -0.3 is 15.8 Å². The van der Waals surface area contributed by atoms with Gasteiger partial charge in [-0.05, 0) is 11.6 Å². The highest BCUT2D eigenvalue weighted by molar-refractivity contribution is 8.14. The lowest BCUT2D eigenvalue weighted by molar-refractivity contribution is -0.109. The van der Waals surface area contributed by atoms with Crippen molar-refractivity contribution in [2.45, 2.75) is 10.9 Å². The van der Waals surface area contributed by atoms with E-state index in [1.54, 1.807) is 0 Å². The van der Waals surface area contributed by atoms with E-state index in [2.05, 4.69) is 10.3 Å². The number of benzene rings is 1. The average Bonchev–Trinajstić information content (AvgIpc) is 2.27. The molecular weight excluding hydrogens is 224 g/mol. The van der Waals surface area contributed by atoms with E-state index >= 15 is 0 Å². The number of fused-ring (bicyclic) bond motifs is 1. The number of hydrogen-bond donors (Lipinski definition) is 3. The second kappa shape index (κ2) is 4.36. The lowest BCUT2D eigenvalue weighted by Gasteiger charge is -2.19. The van der Waals surface area contributed by atoms with Crippen LogP contribution in [0.15, 0.2) is 34.2 Å². The van der Waals surface area contributed by atoms with Crippen molar-refractivity contribution in [3.05, 3.63) is 29.8 Å². The molecule has 0 aromatic heterocycles. The lowest BCUT2D eigenvalue weighted by atomic mass is 10.1. The van der Waals surface area contributed by atoms with Gasteiger partial charge >= 0.3 is 0 Å². The first-order valence-electron chi connectivity index (χ1n) is 4.61. The van der Waals surface area contributed by atoms with Crippen LogP contribution in [0.4, 0.5) is 0 Å². The van der Waals surface area contributed by atoms with Crippen LogP contribution in [0.3, 0.4) is 0 Å². The maximum atomic E-state index is 10.9. The largest absolute Gasteiger partial charge is 0.370 e. The molecule has 5 nitrogen and oxygen atoms in total. The summed E-state index contributed by atoms with van der Waals surface area (Å²) >= 11 is 1.36. The van der Waals surface area contributed by atoms with Gasteiger partial charge in [0, 0.05) is 4.90 Å². The quantitative estimate of drug-likeness (QED) is 0.382. The number of thioether (sulfide) groups is 1. The molecule has 1 aliphatic rings. The van der Waals surface area contributed by atoms with Gasteiger partial charge in [0.2, 0.25) is 0 Å². The van der Waals surface area contributed by atoms with Crippen molar-refractivity contribution in [1.29, 1.82) is 5.41 Å². The third-order valence-corrected chi connectivity index (χ3v) is 3.06. The molecule has 1 heterocycles. The second-order valence-corrected chi connectivity index (χ2v) is 4.22. The van der Waals surface area contributed by atoms with Gasteiger partial charge in [-0.1, -0.05) is 30.0 Å². The van der Waals surface area contributed by atoms with Crippen molar-refractivity contribution in [3.8, 4) is 0 Å². The molecule has 1 unspecified atom stereocenters. The van der Waals surface area contributed by atoms with Gasteiger partial charge in [0.25, 0.3) is 0 Å². The third kappa shape index (κ3) is 2.06. The van der Waals surface area contributed by atoms with E-state index in [1.807, 2.05) is 24.3 Å². The predicted molar refractivity (Wildman–Crippen MR) is 63.6 cm³/mol. The molecule has 1 aliphatic heterocycles. The summed E-state index contributed by atoms with van der Waals surface area (Å²) in [5, 5.41) is 10.2. The molecule has 0 radical (unpaired) electrons. The summed E-state index contributed by atoms with van der Waals surface area (Å²) in [7, 11) is 0. The van der Waals surface area contributed by atoms with E-state index in [4.69, 9.17) is 11.1 Å². The number of carbonyl (C=O) groups is 1. The maximum Gasteiger partial charge on any atom is 0.191 e. The van der Waals surface area contributed by atoms with Crippen LogP contribution < -0.4 is 11.1 Å². The van der Waals surface area contributed by atoms with E-state index < -0.39 is 6.04 Å². The molecular formula is C10H10N4OS. The molecule has 16 heavy (non-hydrogen) atoms. The Hall–Kier alpha value is -1.82. The minimum atomic E-state index is -0.515. The first kappa shape index (κ1) is 10.7. The van der Waals surface area contributed by atoms with Gasteiger partial charge in [0.1, 0.15) is 12.3 Å². The molecule has 6 heteroatoms. The van der Waals surface area contributed by atoms with E-state index in [0.717, 1.165) is 16.7 Å². The van der Waals surface area contributed by atoms with E-state index in [-0.39, 0.29) is 5.96 Å². The molecule has 82 valence electrons. The molecule has 1 atom stereocenters. The van der Waals surface area contributed by atoms with Crippen molar-refractivity contribution in [3.63, 3.8) is 0 Å². The van der Waals surface area contributed by atoms with Crippen LogP contribution in [0.1, 0.15) is 11.6 Å². The zero-order valence-corrected chi connectivity index (χ0v) is 9.12. The van der Waals surface area contributed by atoms with Crippen molar-refractivity contribution in [1.82, 2.24) is 5.32 Å². The molecule has 1 aromatic rings. The zero-order valence-electron chi connectivity index (χ0n) is 8.31. The maximum absolute atomic E-state index is 10.9. The number of hydrogen-bond acceptors (Lipinski definition) is 4. The number of amidine groups is 1. The molecule has 0 spiro atoms. The normalized spacial score (nSPS) is 18.2. The van der Waals surface area contributed by atoms with Crippen molar-refractivity contribution in [2.75, 3.05) is 0 Å². The molecule has 0 amide bonds. The molecule has 0 saturated carbocycles. The van der Waals surface area contributed by atoms with Gasteiger partial charge in [-0.15, -0.1) is 0 Å². The van der Waals surface area contributed by atoms with Gasteiger partial charge in [0.15, 0.2) is 11.1 Å². The van der Waals surface area contributed by atoms with Gasteiger partial charge in [0.05, 0.1) is 0 Å². The number of aldehydes is 1. The van der Waals surface area contributed by atoms with Crippen LogP contribution in [-0.2, 0) is 4.79 Å². The fourth-order valence-electron chi connectivity index (χ4n) is 1.42. The number of carbonyl (C=O) groups excluding carboxylic acids is 1. The zero-order chi connectivity index (χ0) is 11.5. The Balaban J connectivity index is 2.34. The highest BCUT2D eigenvalue weighted by Crippen LogP contribution is 2.33. The Labute approximate surface area is 96.6 Å². The van der Waals surface area contributed by atoms with Crippen LogP contribution >= 0.6 is 11.8 Å². The number of nitrogens with zero attached hydrogens (tertiary/aromatic N) is 1. The van der Waals surface area contributed by atoms with Crippen LogP contribution in [0, 0.1) is 5.41 Å². The fraction of sp³-hybridized carbons (Fsp3) is 0.100. The number of guanidine groups is 1. The van der Waals surface area contributed by atoms with E-state index in [9.17, 15) is 4.79 Å². The molecule has 0 fully saturated rings. The third-order valence-electron chi connectivity index (χ3n) is 2.07. The van der Waals surface area contributed by atoms with Crippen LogP contribution in [-0.4, -0.2) is 17.4 Å². The van der Waals surface area contributed by atoms with Gasteiger partial charge in [-0.2, -0.15) is 0 Å². The van der Waals surface area contributed by atoms with Crippen molar-refractivity contribution < 1.29 is 4.79 Å². The Morgan fingerprint density at radius 1 is 1.56 bits per heavy atom.